The number of nitrogens with one attached hydrogen (secondary N) is 1. The van der Waals surface area contributed by atoms with Crippen LogP contribution in [0.15, 0.2) is 36.4 Å². The molecule has 21 heavy (non-hydrogen) atoms. The van der Waals surface area contributed by atoms with Gasteiger partial charge in [0.05, 0.1) is 20.3 Å². The maximum Gasteiger partial charge on any atom is 0.123 e. The Balaban J connectivity index is 2.50. The Morgan fingerprint density at radius 1 is 1.00 bits per heavy atom. The second-order valence-electron chi connectivity index (χ2n) is 4.87. The molecule has 0 bridgehead atoms. The van der Waals surface area contributed by atoms with E-state index in [-0.39, 0.29) is 11.9 Å². The van der Waals surface area contributed by atoms with Crippen molar-refractivity contribution in [2.45, 2.75) is 13.0 Å². The third-order valence-electron chi connectivity index (χ3n) is 3.54. The average molecular weight is 289 g/mol. The second-order valence-corrected chi connectivity index (χ2v) is 4.87. The Kier molecular flexibility index (Phi) is 4.81. The van der Waals surface area contributed by atoms with E-state index < -0.39 is 0 Å². The molecule has 4 heteroatoms. The maximum absolute atomic E-state index is 13.3. The van der Waals surface area contributed by atoms with Gasteiger partial charge in [0, 0.05) is 6.07 Å². The molecule has 0 spiro atoms. The second kappa shape index (κ2) is 6.59. The fraction of sp³-hybridized carbons (Fsp3) is 0.294. The quantitative estimate of drug-likeness (QED) is 0.914. The van der Waals surface area contributed by atoms with Gasteiger partial charge in [0.25, 0.3) is 0 Å². The first-order chi connectivity index (χ1) is 10.1. The van der Waals surface area contributed by atoms with E-state index in [1.807, 2.05) is 32.2 Å². The van der Waals surface area contributed by atoms with Crippen molar-refractivity contribution in [2.75, 3.05) is 21.3 Å². The van der Waals surface area contributed by atoms with Crippen molar-refractivity contribution in [1.82, 2.24) is 5.32 Å². The van der Waals surface area contributed by atoms with Crippen LogP contribution >= 0.6 is 0 Å². The molecule has 0 aliphatic heterocycles. The monoisotopic (exact) mass is 289 g/mol. The molecule has 0 amide bonds. The van der Waals surface area contributed by atoms with Gasteiger partial charge in [-0.3, -0.25) is 0 Å². The summed E-state index contributed by atoms with van der Waals surface area (Å²) in [6, 6.07) is 10.5. The average Bonchev–Trinajstić information content (AvgIpc) is 2.49. The lowest BCUT2D eigenvalue weighted by atomic mass is 9.94. The highest BCUT2D eigenvalue weighted by Gasteiger charge is 2.16. The summed E-state index contributed by atoms with van der Waals surface area (Å²) in [6.07, 6.45) is 0. The Bertz CT molecular complexity index is 606. The van der Waals surface area contributed by atoms with Crippen molar-refractivity contribution in [2.24, 2.45) is 0 Å². The molecule has 0 aliphatic rings. The number of rotatable bonds is 5. The molecule has 0 saturated carbocycles. The normalized spacial score (nSPS) is 12.0. The van der Waals surface area contributed by atoms with Gasteiger partial charge in [-0.25, -0.2) is 4.39 Å². The molecule has 0 saturated heterocycles. The van der Waals surface area contributed by atoms with E-state index in [0.717, 1.165) is 28.2 Å². The largest absolute Gasteiger partial charge is 0.497 e. The summed E-state index contributed by atoms with van der Waals surface area (Å²) in [5, 5.41) is 3.26. The van der Waals surface area contributed by atoms with Crippen LogP contribution < -0.4 is 14.8 Å². The van der Waals surface area contributed by atoms with Crippen LogP contribution in [0.5, 0.6) is 11.5 Å². The first kappa shape index (κ1) is 15.3. The smallest absolute Gasteiger partial charge is 0.123 e. The number of hydrogen-bond acceptors (Lipinski definition) is 3. The molecule has 1 atom stereocenters. The van der Waals surface area contributed by atoms with Crippen molar-refractivity contribution in [3.05, 3.63) is 58.9 Å². The van der Waals surface area contributed by atoms with Crippen LogP contribution in [0.1, 0.15) is 22.7 Å². The van der Waals surface area contributed by atoms with Gasteiger partial charge >= 0.3 is 0 Å². The molecule has 0 aromatic heterocycles. The van der Waals surface area contributed by atoms with Crippen LogP contribution in [0.25, 0.3) is 0 Å². The Hall–Kier alpha value is -2.07. The highest BCUT2D eigenvalue weighted by molar-refractivity contribution is 5.44. The minimum absolute atomic E-state index is 0.0606. The van der Waals surface area contributed by atoms with Crippen LogP contribution in [0.3, 0.4) is 0 Å². The Morgan fingerprint density at radius 3 is 2.10 bits per heavy atom. The highest BCUT2D eigenvalue weighted by Crippen LogP contribution is 2.31. The van der Waals surface area contributed by atoms with Crippen molar-refractivity contribution >= 4 is 0 Å². The molecule has 1 N–H and O–H groups in total. The molecule has 0 aliphatic carbocycles. The third-order valence-corrected chi connectivity index (χ3v) is 3.54. The lowest BCUT2D eigenvalue weighted by Gasteiger charge is -2.21. The molecule has 2 aromatic carbocycles. The minimum Gasteiger partial charge on any atom is -0.497 e. The van der Waals surface area contributed by atoms with E-state index in [2.05, 4.69) is 5.32 Å². The van der Waals surface area contributed by atoms with Crippen molar-refractivity contribution in [1.29, 1.82) is 0 Å². The molecule has 1 unspecified atom stereocenters. The van der Waals surface area contributed by atoms with Crippen molar-refractivity contribution in [3.63, 3.8) is 0 Å². The SMILES string of the molecule is CNC(c1cc(OC)cc(OC)c1)c1ccc(F)cc1C. The number of benzene rings is 2. The van der Waals surface area contributed by atoms with E-state index >= 15 is 0 Å². The van der Waals surface area contributed by atoms with Gasteiger partial charge < -0.3 is 14.8 Å². The summed E-state index contributed by atoms with van der Waals surface area (Å²) in [5.41, 5.74) is 2.92. The van der Waals surface area contributed by atoms with E-state index in [9.17, 15) is 4.39 Å². The molecule has 0 heterocycles. The molecule has 2 rings (SSSR count). The van der Waals surface area contributed by atoms with Gasteiger partial charge in [-0.15, -0.1) is 0 Å². The van der Waals surface area contributed by atoms with Crippen LogP contribution in [-0.4, -0.2) is 21.3 Å². The van der Waals surface area contributed by atoms with Crippen LogP contribution in [0.4, 0.5) is 4.39 Å². The first-order valence-electron chi connectivity index (χ1n) is 6.75. The van der Waals surface area contributed by atoms with Crippen LogP contribution in [0, 0.1) is 12.7 Å². The third kappa shape index (κ3) is 3.34. The number of ether oxygens (including phenoxy) is 2. The van der Waals surface area contributed by atoms with Gasteiger partial charge in [-0.2, -0.15) is 0 Å². The highest BCUT2D eigenvalue weighted by atomic mass is 19.1. The zero-order valence-corrected chi connectivity index (χ0v) is 12.7. The van der Waals surface area contributed by atoms with E-state index in [4.69, 9.17) is 9.47 Å². The number of methoxy groups -OCH3 is 2. The maximum atomic E-state index is 13.3. The Labute approximate surface area is 124 Å². The molecule has 0 radical (unpaired) electrons. The lowest BCUT2D eigenvalue weighted by Crippen LogP contribution is -2.19. The molecule has 112 valence electrons. The van der Waals surface area contributed by atoms with E-state index in [1.54, 1.807) is 20.3 Å². The van der Waals surface area contributed by atoms with Gasteiger partial charge in [-0.05, 0) is 54.9 Å². The summed E-state index contributed by atoms with van der Waals surface area (Å²) in [5.74, 6) is 1.23. The van der Waals surface area contributed by atoms with Crippen molar-refractivity contribution < 1.29 is 13.9 Å². The predicted octanol–water partition coefficient (Wildman–Crippen LogP) is 3.46. The molecular weight excluding hydrogens is 269 g/mol. The lowest BCUT2D eigenvalue weighted by molar-refractivity contribution is 0.392. The molecule has 3 nitrogen and oxygen atoms in total. The fourth-order valence-electron chi connectivity index (χ4n) is 2.46. The number of halogens is 1. The van der Waals surface area contributed by atoms with E-state index in [0.29, 0.717) is 0 Å². The van der Waals surface area contributed by atoms with E-state index in [1.165, 1.54) is 12.1 Å². The summed E-state index contributed by atoms with van der Waals surface area (Å²) in [4.78, 5) is 0. The molecule has 2 aromatic rings. The summed E-state index contributed by atoms with van der Waals surface area (Å²) in [7, 11) is 5.12. The predicted molar refractivity (Wildman–Crippen MR) is 81.6 cm³/mol. The van der Waals surface area contributed by atoms with Crippen LogP contribution in [-0.2, 0) is 0 Å². The number of hydrogen-bond donors (Lipinski definition) is 1. The topological polar surface area (TPSA) is 30.5 Å². The van der Waals surface area contributed by atoms with Crippen molar-refractivity contribution in [3.8, 4) is 11.5 Å². The van der Waals surface area contributed by atoms with Gasteiger partial charge in [-0.1, -0.05) is 6.07 Å². The van der Waals surface area contributed by atoms with Crippen LogP contribution in [0.2, 0.25) is 0 Å². The molecule has 0 fully saturated rings. The first-order valence-corrected chi connectivity index (χ1v) is 6.75. The summed E-state index contributed by atoms with van der Waals surface area (Å²) < 4.78 is 23.9. The summed E-state index contributed by atoms with van der Waals surface area (Å²) >= 11 is 0. The zero-order valence-electron chi connectivity index (χ0n) is 12.7. The minimum atomic E-state index is -0.227. The fourth-order valence-corrected chi connectivity index (χ4v) is 2.46. The summed E-state index contributed by atoms with van der Waals surface area (Å²) in [6.45, 7) is 1.90. The Morgan fingerprint density at radius 2 is 1.62 bits per heavy atom. The number of aryl methyl sites for hydroxylation is 1. The van der Waals surface area contributed by atoms with Gasteiger partial charge in [0.2, 0.25) is 0 Å². The zero-order chi connectivity index (χ0) is 15.4. The van der Waals surface area contributed by atoms with Gasteiger partial charge in [0.15, 0.2) is 0 Å². The van der Waals surface area contributed by atoms with Gasteiger partial charge in [0.1, 0.15) is 17.3 Å². The standard InChI is InChI=1S/C17H20FNO2/c1-11-7-13(18)5-6-16(11)17(19-2)12-8-14(20-3)10-15(9-12)21-4/h5-10,17,19H,1-4H3. The molecular formula is C17H20FNO2.